The first-order valence-electron chi connectivity index (χ1n) is 4.08. The maximum atomic E-state index is 9.47. The first-order valence-corrected chi connectivity index (χ1v) is 5.21. The van der Waals surface area contributed by atoms with E-state index in [-0.39, 0.29) is 18.6 Å². The zero-order valence-corrected chi connectivity index (χ0v) is 8.92. The quantitative estimate of drug-likeness (QED) is 0.594. The zero-order valence-electron chi connectivity index (χ0n) is 7.33. The molecule has 1 atom stereocenters. The Morgan fingerprint density at radius 1 is 1.25 bits per heavy atom. The monoisotopic (exact) mass is 240 g/mol. The van der Waals surface area contributed by atoms with E-state index in [1.807, 2.05) is 0 Å². The van der Waals surface area contributed by atoms with Crippen LogP contribution in [0.1, 0.15) is 19.8 Å². The van der Waals surface area contributed by atoms with Gasteiger partial charge in [-0.15, -0.1) is 0 Å². The summed E-state index contributed by atoms with van der Waals surface area (Å²) in [5.74, 6) is 0. The molecule has 3 N–H and O–H groups in total. The van der Waals surface area contributed by atoms with Gasteiger partial charge in [-0.2, -0.15) is 0 Å². The van der Waals surface area contributed by atoms with Gasteiger partial charge in [-0.1, -0.05) is 15.9 Å². The fourth-order valence-corrected chi connectivity index (χ4v) is 2.26. The third kappa shape index (κ3) is 3.01. The zero-order chi connectivity index (χ0) is 9.61. The molecular weight excluding hydrogens is 224 g/mol. The van der Waals surface area contributed by atoms with Crippen LogP contribution in [-0.2, 0) is 0 Å². The summed E-state index contributed by atoms with van der Waals surface area (Å²) >= 11 is 3.29. The van der Waals surface area contributed by atoms with E-state index in [1.54, 1.807) is 6.92 Å². The lowest BCUT2D eigenvalue weighted by atomic mass is 9.79. The summed E-state index contributed by atoms with van der Waals surface area (Å²) in [4.78, 5) is 0. The number of rotatable bonds is 6. The molecule has 0 radical (unpaired) electrons. The molecule has 0 aliphatic carbocycles. The van der Waals surface area contributed by atoms with Gasteiger partial charge in [0.1, 0.15) is 0 Å². The van der Waals surface area contributed by atoms with Crippen molar-refractivity contribution in [2.24, 2.45) is 5.41 Å². The summed E-state index contributed by atoms with van der Waals surface area (Å²) in [6.07, 6.45) is 0.503. The fraction of sp³-hybridized carbons (Fsp3) is 1.00. The fourth-order valence-electron chi connectivity index (χ4n) is 1.23. The van der Waals surface area contributed by atoms with Crippen molar-refractivity contribution < 1.29 is 15.3 Å². The minimum absolute atomic E-state index is 0.0382. The SMILES string of the molecule is CC(O)C(CBr)(CCO)CCO. The molecular formula is C8H17BrO3. The smallest absolute Gasteiger partial charge is 0.0578 e. The number of hydrogen-bond acceptors (Lipinski definition) is 3. The van der Waals surface area contributed by atoms with Crippen molar-refractivity contribution in [3.63, 3.8) is 0 Å². The first kappa shape index (κ1) is 12.4. The Morgan fingerprint density at radius 2 is 1.67 bits per heavy atom. The highest BCUT2D eigenvalue weighted by Gasteiger charge is 2.33. The van der Waals surface area contributed by atoms with Gasteiger partial charge in [-0.05, 0) is 19.8 Å². The number of halogens is 1. The Bertz CT molecular complexity index is 111. The summed E-state index contributed by atoms with van der Waals surface area (Å²) in [6.45, 7) is 1.76. The van der Waals surface area contributed by atoms with Gasteiger partial charge >= 0.3 is 0 Å². The molecule has 0 spiro atoms. The second kappa shape index (κ2) is 5.91. The van der Waals surface area contributed by atoms with Crippen molar-refractivity contribution in [2.75, 3.05) is 18.5 Å². The van der Waals surface area contributed by atoms with Crippen molar-refractivity contribution in [3.05, 3.63) is 0 Å². The molecule has 12 heavy (non-hydrogen) atoms. The Hall–Kier alpha value is 0.360. The lowest BCUT2D eigenvalue weighted by Gasteiger charge is -2.33. The van der Waals surface area contributed by atoms with Crippen molar-refractivity contribution in [1.82, 2.24) is 0 Å². The van der Waals surface area contributed by atoms with Crippen LogP contribution in [0.3, 0.4) is 0 Å². The van der Waals surface area contributed by atoms with Crippen LogP contribution in [0.4, 0.5) is 0 Å². The Balaban J connectivity index is 4.28. The molecule has 4 heteroatoms. The molecule has 0 aromatic heterocycles. The van der Waals surface area contributed by atoms with Gasteiger partial charge < -0.3 is 15.3 Å². The molecule has 0 saturated carbocycles. The maximum Gasteiger partial charge on any atom is 0.0578 e. The van der Waals surface area contributed by atoms with E-state index in [0.29, 0.717) is 18.2 Å². The van der Waals surface area contributed by atoms with Gasteiger partial charge in [0, 0.05) is 24.0 Å². The predicted molar refractivity (Wildman–Crippen MR) is 51.3 cm³/mol. The minimum Gasteiger partial charge on any atom is -0.396 e. The first-order chi connectivity index (χ1) is 5.63. The van der Waals surface area contributed by atoms with Crippen molar-refractivity contribution >= 4 is 15.9 Å². The van der Waals surface area contributed by atoms with Crippen LogP contribution in [0.25, 0.3) is 0 Å². The molecule has 0 aliphatic heterocycles. The summed E-state index contributed by atoms with van der Waals surface area (Å²) in [6, 6.07) is 0. The van der Waals surface area contributed by atoms with Crippen LogP contribution >= 0.6 is 15.9 Å². The van der Waals surface area contributed by atoms with E-state index in [1.165, 1.54) is 0 Å². The standard InChI is InChI=1S/C8H17BrO3/c1-7(12)8(6-9,2-4-10)3-5-11/h7,10-12H,2-6H2,1H3. The van der Waals surface area contributed by atoms with Gasteiger partial charge in [-0.25, -0.2) is 0 Å². The minimum atomic E-state index is -0.517. The normalized spacial score (nSPS) is 14.8. The second-order valence-electron chi connectivity index (χ2n) is 3.12. The molecule has 0 amide bonds. The third-order valence-electron chi connectivity index (χ3n) is 2.37. The Labute approximate surface area is 81.5 Å². The van der Waals surface area contributed by atoms with Crippen molar-refractivity contribution in [1.29, 1.82) is 0 Å². The summed E-state index contributed by atoms with van der Waals surface area (Å²) in [5.41, 5.74) is -0.385. The molecule has 0 bridgehead atoms. The van der Waals surface area contributed by atoms with Gasteiger partial charge in [0.15, 0.2) is 0 Å². The number of alkyl halides is 1. The second-order valence-corrected chi connectivity index (χ2v) is 3.68. The van der Waals surface area contributed by atoms with E-state index >= 15 is 0 Å². The van der Waals surface area contributed by atoms with Gasteiger partial charge in [0.2, 0.25) is 0 Å². The number of aliphatic hydroxyl groups is 3. The lowest BCUT2D eigenvalue weighted by molar-refractivity contribution is 0.0183. The maximum absolute atomic E-state index is 9.47. The molecule has 74 valence electrons. The van der Waals surface area contributed by atoms with Gasteiger partial charge in [0.05, 0.1) is 6.10 Å². The highest BCUT2D eigenvalue weighted by atomic mass is 79.9. The largest absolute Gasteiger partial charge is 0.396 e. The van der Waals surface area contributed by atoms with Crippen molar-refractivity contribution in [3.8, 4) is 0 Å². The number of hydrogen-bond donors (Lipinski definition) is 3. The van der Waals surface area contributed by atoms with Gasteiger partial charge in [0.25, 0.3) is 0 Å². The van der Waals surface area contributed by atoms with Crippen LogP contribution in [0.15, 0.2) is 0 Å². The number of aliphatic hydroxyl groups excluding tert-OH is 3. The predicted octanol–water partition coefficient (Wildman–Crippen LogP) is 0.513. The highest BCUT2D eigenvalue weighted by molar-refractivity contribution is 9.09. The Kier molecular flexibility index (Phi) is 6.09. The van der Waals surface area contributed by atoms with E-state index in [4.69, 9.17) is 10.2 Å². The van der Waals surface area contributed by atoms with Crippen LogP contribution in [0.5, 0.6) is 0 Å². The summed E-state index contributed by atoms with van der Waals surface area (Å²) in [5, 5.41) is 27.7. The topological polar surface area (TPSA) is 60.7 Å². The Morgan fingerprint density at radius 3 is 1.83 bits per heavy atom. The molecule has 0 aliphatic rings. The summed E-state index contributed by atoms with van der Waals surface area (Å²) < 4.78 is 0. The molecule has 0 rings (SSSR count). The van der Waals surface area contributed by atoms with E-state index in [0.717, 1.165) is 0 Å². The van der Waals surface area contributed by atoms with Crippen LogP contribution in [0, 0.1) is 5.41 Å². The van der Waals surface area contributed by atoms with Crippen LogP contribution < -0.4 is 0 Å². The lowest BCUT2D eigenvalue weighted by Crippen LogP contribution is -2.36. The van der Waals surface area contributed by atoms with Crippen LogP contribution in [-0.4, -0.2) is 40.0 Å². The van der Waals surface area contributed by atoms with E-state index < -0.39 is 6.10 Å². The van der Waals surface area contributed by atoms with Crippen LogP contribution in [0.2, 0.25) is 0 Å². The third-order valence-corrected chi connectivity index (χ3v) is 3.49. The average Bonchev–Trinajstić information content (AvgIpc) is 2.03. The van der Waals surface area contributed by atoms with Crippen molar-refractivity contribution in [2.45, 2.75) is 25.9 Å². The summed E-state index contributed by atoms with van der Waals surface area (Å²) in [7, 11) is 0. The van der Waals surface area contributed by atoms with E-state index in [2.05, 4.69) is 15.9 Å². The average molecular weight is 241 g/mol. The molecule has 0 heterocycles. The van der Waals surface area contributed by atoms with Gasteiger partial charge in [-0.3, -0.25) is 0 Å². The van der Waals surface area contributed by atoms with E-state index in [9.17, 15) is 5.11 Å². The molecule has 1 unspecified atom stereocenters. The molecule has 0 aromatic rings. The molecule has 0 fully saturated rings. The molecule has 0 aromatic carbocycles. The highest BCUT2D eigenvalue weighted by Crippen LogP contribution is 2.32. The molecule has 0 saturated heterocycles. The molecule has 3 nitrogen and oxygen atoms in total.